The number of carbonyl (C=O) groups is 1. The molecule has 0 unspecified atom stereocenters. The molecule has 0 aliphatic rings. The molecule has 128 valence electrons. The van der Waals surface area contributed by atoms with E-state index in [9.17, 15) is 17.6 Å². The number of benzene rings is 2. The van der Waals surface area contributed by atoms with Crippen LogP contribution in [0.4, 0.5) is 4.39 Å². The molecule has 0 fully saturated rings. The highest BCUT2D eigenvalue weighted by atomic mass is 35.6. The molecule has 0 aliphatic heterocycles. The molecule has 0 aliphatic carbocycles. The lowest BCUT2D eigenvalue weighted by Gasteiger charge is -2.25. The molecule has 0 bridgehead atoms. The summed E-state index contributed by atoms with van der Waals surface area (Å²) in [6.45, 7) is 0. The largest absolute Gasteiger partial charge is 0.332 e. The van der Waals surface area contributed by atoms with E-state index in [0.717, 1.165) is 24.3 Å². The van der Waals surface area contributed by atoms with Crippen LogP contribution in [0.1, 0.15) is 10.4 Å². The molecule has 9 heteroatoms. The van der Waals surface area contributed by atoms with E-state index >= 15 is 0 Å². The van der Waals surface area contributed by atoms with Crippen LogP contribution in [-0.2, 0) is 9.84 Å². The predicted molar refractivity (Wildman–Crippen MR) is 91.6 cm³/mol. The van der Waals surface area contributed by atoms with Crippen molar-refractivity contribution in [1.29, 1.82) is 0 Å². The SMILES string of the molecule is O=C(N[C@H](C(Cl)(Cl)Cl)S(=O)(=O)c1ccc(F)cc1)c1ccccc1. The zero-order valence-electron chi connectivity index (χ0n) is 11.9. The summed E-state index contributed by atoms with van der Waals surface area (Å²) >= 11 is 17.3. The van der Waals surface area contributed by atoms with Crippen molar-refractivity contribution >= 4 is 50.5 Å². The Kier molecular flexibility index (Phi) is 5.75. The minimum Gasteiger partial charge on any atom is -0.332 e. The summed E-state index contributed by atoms with van der Waals surface area (Å²) in [4.78, 5) is 11.9. The van der Waals surface area contributed by atoms with Crippen molar-refractivity contribution in [3.63, 3.8) is 0 Å². The maximum absolute atomic E-state index is 13.0. The lowest BCUT2D eigenvalue weighted by Crippen LogP contribution is -2.49. The molecule has 0 spiro atoms. The normalized spacial score (nSPS) is 13.3. The number of carbonyl (C=O) groups excluding carboxylic acids is 1. The molecule has 1 N–H and O–H groups in total. The quantitative estimate of drug-likeness (QED) is 0.617. The molecule has 1 amide bonds. The number of rotatable bonds is 4. The van der Waals surface area contributed by atoms with Gasteiger partial charge in [-0.15, -0.1) is 0 Å². The van der Waals surface area contributed by atoms with Crippen LogP contribution in [0.5, 0.6) is 0 Å². The number of hydrogen-bond donors (Lipinski definition) is 1. The zero-order valence-corrected chi connectivity index (χ0v) is 15.0. The first-order chi connectivity index (χ1) is 11.1. The van der Waals surface area contributed by atoms with Crippen LogP contribution >= 0.6 is 34.8 Å². The third-order valence-electron chi connectivity index (χ3n) is 3.05. The smallest absolute Gasteiger partial charge is 0.252 e. The summed E-state index contributed by atoms with van der Waals surface area (Å²) in [5.41, 5.74) is 0.200. The second-order valence-corrected chi connectivity index (χ2v) is 9.16. The Morgan fingerprint density at radius 1 is 1.00 bits per heavy atom. The third-order valence-corrected chi connectivity index (χ3v) is 6.11. The molecule has 0 radical (unpaired) electrons. The van der Waals surface area contributed by atoms with Gasteiger partial charge in [-0.3, -0.25) is 4.79 Å². The zero-order chi connectivity index (χ0) is 18.0. The van der Waals surface area contributed by atoms with Crippen LogP contribution in [0, 0.1) is 5.82 Å². The molecule has 0 saturated carbocycles. The minimum absolute atomic E-state index is 0.200. The standard InChI is InChI=1S/C15H11Cl3FNO3S/c16-15(17,18)14(20-13(21)10-4-2-1-3-5-10)24(22,23)12-8-6-11(19)7-9-12/h1-9,14H,(H,20,21)/t14-/m0/s1. The number of halogens is 4. The van der Waals surface area contributed by atoms with Crippen molar-refractivity contribution in [2.45, 2.75) is 14.1 Å². The first-order valence-corrected chi connectivity index (χ1v) is 9.22. The van der Waals surface area contributed by atoms with Gasteiger partial charge < -0.3 is 5.32 Å². The highest BCUT2D eigenvalue weighted by Crippen LogP contribution is 2.36. The van der Waals surface area contributed by atoms with Gasteiger partial charge in [0.15, 0.2) is 5.37 Å². The fourth-order valence-electron chi connectivity index (χ4n) is 1.89. The molecule has 0 aromatic heterocycles. The predicted octanol–water partition coefficient (Wildman–Crippen LogP) is 3.73. The molecule has 4 nitrogen and oxygen atoms in total. The topological polar surface area (TPSA) is 63.2 Å². The Morgan fingerprint density at radius 2 is 1.54 bits per heavy atom. The molecule has 2 rings (SSSR count). The number of amides is 1. The van der Waals surface area contributed by atoms with E-state index in [1.165, 1.54) is 12.1 Å². The van der Waals surface area contributed by atoms with Gasteiger partial charge in [0.1, 0.15) is 5.82 Å². The molecule has 2 aromatic carbocycles. The summed E-state index contributed by atoms with van der Waals surface area (Å²) in [5.74, 6) is -1.34. The lowest BCUT2D eigenvalue weighted by atomic mass is 10.2. The van der Waals surface area contributed by atoms with E-state index in [-0.39, 0.29) is 10.5 Å². The van der Waals surface area contributed by atoms with Gasteiger partial charge in [-0.2, -0.15) is 0 Å². The van der Waals surface area contributed by atoms with Gasteiger partial charge in [0, 0.05) is 5.56 Å². The van der Waals surface area contributed by atoms with Crippen molar-refractivity contribution < 1.29 is 17.6 Å². The number of alkyl halides is 3. The third kappa shape index (κ3) is 4.39. The highest BCUT2D eigenvalue weighted by Gasteiger charge is 2.44. The van der Waals surface area contributed by atoms with Crippen LogP contribution in [-0.4, -0.2) is 23.5 Å². The Balaban J connectivity index is 2.39. The maximum atomic E-state index is 13.0. The van der Waals surface area contributed by atoms with Gasteiger partial charge in [-0.25, -0.2) is 12.8 Å². The van der Waals surface area contributed by atoms with Gasteiger partial charge in [0.25, 0.3) is 5.91 Å². The average Bonchev–Trinajstić information content (AvgIpc) is 2.52. The van der Waals surface area contributed by atoms with Crippen molar-refractivity contribution in [3.05, 3.63) is 66.0 Å². The molecule has 2 aromatic rings. The summed E-state index contributed by atoms with van der Waals surface area (Å²) in [6.07, 6.45) is 0. The minimum atomic E-state index is -4.27. The van der Waals surface area contributed by atoms with E-state index in [4.69, 9.17) is 34.8 Å². The van der Waals surface area contributed by atoms with Gasteiger partial charge in [0.2, 0.25) is 13.6 Å². The monoisotopic (exact) mass is 409 g/mol. The van der Waals surface area contributed by atoms with E-state index in [0.29, 0.717) is 0 Å². The van der Waals surface area contributed by atoms with Crippen molar-refractivity contribution in [3.8, 4) is 0 Å². The van der Waals surface area contributed by atoms with Crippen molar-refractivity contribution in [2.75, 3.05) is 0 Å². The molecular weight excluding hydrogens is 400 g/mol. The van der Waals surface area contributed by atoms with E-state index in [1.54, 1.807) is 18.2 Å². The van der Waals surface area contributed by atoms with Crippen LogP contribution in [0.15, 0.2) is 59.5 Å². The second-order valence-electron chi connectivity index (χ2n) is 4.76. The molecule has 0 saturated heterocycles. The number of sulfone groups is 1. The highest BCUT2D eigenvalue weighted by molar-refractivity contribution is 7.92. The van der Waals surface area contributed by atoms with Gasteiger partial charge in [0.05, 0.1) is 4.90 Å². The van der Waals surface area contributed by atoms with Crippen LogP contribution in [0.25, 0.3) is 0 Å². The van der Waals surface area contributed by atoms with Crippen molar-refractivity contribution in [1.82, 2.24) is 5.32 Å². The van der Waals surface area contributed by atoms with Crippen LogP contribution < -0.4 is 5.32 Å². The molecular formula is C15H11Cl3FNO3S. The number of hydrogen-bond acceptors (Lipinski definition) is 3. The first kappa shape index (κ1) is 19.0. The molecule has 0 heterocycles. The molecule has 1 atom stereocenters. The second kappa shape index (κ2) is 7.27. The number of nitrogens with one attached hydrogen (secondary N) is 1. The Morgan fingerprint density at radius 3 is 2.04 bits per heavy atom. The fraction of sp³-hybridized carbons (Fsp3) is 0.133. The maximum Gasteiger partial charge on any atom is 0.252 e. The summed E-state index contributed by atoms with van der Waals surface area (Å²) < 4.78 is 36.0. The molecule has 24 heavy (non-hydrogen) atoms. The van der Waals surface area contributed by atoms with Crippen LogP contribution in [0.2, 0.25) is 0 Å². The lowest BCUT2D eigenvalue weighted by molar-refractivity contribution is 0.0948. The Labute approximate surface area is 153 Å². The van der Waals surface area contributed by atoms with Gasteiger partial charge in [-0.05, 0) is 36.4 Å². The average molecular weight is 411 g/mol. The van der Waals surface area contributed by atoms with Crippen LogP contribution in [0.3, 0.4) is 0 Å². The van der Waals surface area contributed by atoms with E-state index in [2.05, 4.69) is 5.32 Å². The fourth-order valence-corrected chi connectivity index (χ4v) is 4.51. The first-order valence-electron chi connectivity index (χ1n) is 6.54. The van der Waals surface area contributed by atoms with Gasteiger partial charge in [-0.1, -0.05) is 53.0 Å². The van der Waals surface area contributed by atoms with Gasteiger partial charge >= 0.3 is 0 Å². The Hall–Kier alpha value is -1.34. The Bertz CT molecular complexity index is 821. The van der Waals surface area contributed by atoms with E-state index in [1.807, 2.05) is 0 Å². The van der Waals surface area contributed by atoms with E-state index < -0.39 is 30.7 Å². The van der Waals surface area contributed by atoms with Crippen molar-refractivity contribution in [2.24, 2.45) is 0 Å². The summed E-state index contributed by atoms with van der Waals surface area (Å²) in [6, 6.07) is 11.8. The summed E-state index contributed by atoms with van der Waals surface area (Å²) in [7, 11) is -4.27. The summed E-state index contributed by atoms with van der Waals surface area (Å²) in [5, 5.41) is 0.357.